The van der Waals surface area contributed by atoms with Crippen LogP contribution in [-0.2, 0) is 4.74 Å². The predicted octanol–water partition coefficient (Wildman–Crippen LogP) is 3.93. The molecule has 1 aliphatic rings. The molecule has 1 N–H and O–H groups in total. The second-order valence-electron chi connectivity index (χ2n) is 5.71. The summed E-state index contributed by atoms with van der Waals surface area (Å²) in [7, 11) is 0. The summed E-state index contributed by atoms with van der Waals surface area (Å²) < 4.78 is 10.7. The number of rotatable bonds is 2. The normalized spacial score (nSPS) is 14.7. The summed E-state index contributed by atoms with van der Waals surface area (Å²) in [5.41, 5.74) is 4.28. The molecular weight excluding hydrogens is 306 g/mol. The van der Waals surface area contributed by atoms with E-state index in [0.29, 0.717) is 13.2 Å². The maximum absolute atomic E-state index is 11.8. The van der Waals surface area contributed by atoms with Gasteiger partial charge in [0.2, 0.25) is 0 Å². The number of furan rings is 1. The van der Waals surface area contributed by atoms with Crippen molar-refractivity contribution in [2.75, 3.05) is 18.1 Å². The summed E-state index contributed by atoms with van der Waals surface area (Å²) in [5.74, 6) is 0. The molecule has 3 heterocycles. The molecule has 0 radical (unpaired) electrons. The Morgan fingerprint density at radius 3 is 2.92 bits per heavy atom. The summed E-state index contributed by atoms with van der Waals surface area (Å²) in [4.78, 5) is 13.4. The number of anilines is 1. The van der Waals surface area contributed by atoms with Crippen molar-refractivity contribution in [1.82, 2.24) is 10.2 Å². The number of carbonyl (C=O) groups excluding carboxylic acids is 1. The summed E-state index contributed by atoms with van der Waals surface area (Å²) in [6.07, 6.45) is 1.41. The number of nitrogens with one attached hydrogen (secondary N) is 1. The Morgan fingerprint density at radius 1 is 1.12 bits per heavy atom. The molecule has 24 heavy (non-hydrogen) atoms. The molecule has 1 aliphatic heterocycles. The van der Waals surface area contributed by atoms with E-state index in [1.165, 1.54) is 0 Å². The number of carbonyl (C=O) groups is 1. The smallest absolute Gasteiger partial charge is 0.414 e. The minimum Gasteiger partial charge on any atom is -0.464 e. The third-order valence-electron chi connectivity index (χ3n) is 4.36. The summed E-state index contributed by atoms with van der Waals surface area (Å²) in [6.45, 7) is 0.980. The Kier molecular flexibility index (Phi) is 2.67. The van der Waals surface area contributed by atoms with E-state index in [1.807, 2.05) is 42.5 Å². The lowest BCUT2D eigenvalue weighted by molar-refractivity contribution is 0.181. The van der Waals surface area contributed by atoms with Crippen molar-refractivity contribution in [3.63, 3.8) is 0 Å². The molecule has 0 bridgehead atoms. The van der Waals surface area contributed by atoms with Crippen LogP contribution < -0.4 is 4.90 Å². The van der Waals surface area contributed by atoms with Gasteiger partial charge >= 0.3 is 6.09 Å². The molecule has 2 aromatic carbocycles. The standard InChI is InChI=1S/C18H13N3O3/c22-18-21(7-8-23-18)11-5-6-15-13(9-11)17(20-19-15)14-10-24-16-4-2-1-3-12(14)16/h1-6,9-10H,7-8H2,(H,19,20). The molecular formula is C18H13N3O3. The van der Waals surface area contributed by atoms with Gasteiger partial charge < -0.3 is 9.15 Å². The number of ether oxygens (including phenoxy) is 1. The number of H-pyrrole nitrogens is 1. The molecule has 1 amide bonds. The Morgan fingerprint density at radius 2 is 2.04 bits per heavy atom. The second-order valence-corrected chi connectivity index (χ2v) is 5.71. The number of nitrogens with zero attached hydrogens (tertiary/aromatic N) is 2. The van der Waals surface area contributed by atoms with E-state index in [-0.39, 0.29) is 6.09 Å². The van der Waals surface area contributed by atoms with Gasteiger partial charge in [0.05, 0.1) is 12.1 Å². The Hall–Kier alpha value is -3.28. The van der Waals surface area contributed by atoms with Gasteiger partial charge in [-0.2, -0.15) is 5.10 Å². The fourth-order valence-electron chi connectivity index (χ4n) is 3.16. The van der Waals surface area contributed by atoms with Crippen molar-refractivity contribution < 1.29 is 13.9 Å². The van der Waals surface area contributed by atoms with Crippen LogP contribution in [0.3, 0.4) is 0 Å². The molecule has 0 saturated carbocycles. The van der Waals surface area contributed by atoms with E-state index >= 15 is 0 Å². The van der Waals surface area contributed by atoms with Gasteiger partial charge in [0.15, 0.2) is 0 Å². The number of cyclic esters (lactones) is 1. The molecule has 0 unspecified atom stereocenters. The van der Waals surface area contributed by atoms with Gasteiger partial charge in [-0.1, -0.05) is 18.2 Å². The molecule has 118 valence electrons. The van der Waals surface area contributed by atoms with Crippen molar-refractivity contribution >= 4 is 33.7 Å². The number of benzene rings is 2. The Labute approximate surface area is 136 Å². The van der Waals surface area contributed by atoms with Crippen molar-refractivity contribution in [3.05, 3.63) is 48.7 Å². The zero-order valence-corrected chi connectivity index (χ0v) is 12.7. The van der Waals surface area contributed by atoms with Gasteiger partial charge in [0.25, 0.3) is 0 Å². The monoisotopic (exact) mass is 319 g/mol. The molecule has 0 aliphatic carbocycles. The van der Waals surface area contributed by atoms with Crippen molar-refractivity contribution in [1.29, 1.82) is 0 Å². The van der Waals surface area contributed by atoms with Crippen LogP contribution in [0.4, 0.5) is 10.5 Å². The number of hydrogen-bond acceptors (Lipinski definition) is 4. The van der Waals surface area contributed by atoms with Gasteiger partial charge in [-0.05, 0) is 24.3 Å². The Balaban J connectivity index is 1.70. The zero-order valence-electron chi connectivity index (χ0n) is 12.7. The highest BCUT2D eigenvalue weighted by molar-refractivity contribution is 6.03. The van der Waals surface area contributed by atoms with Crippen molar-refractivity contribution in [2.24, 2.45) is 0 Å². The van der Waals surface area contributed by atoms with Crippen LogP contribution in [0.25, 0.3) is 33.1 Å². The average Bonchev–Trinajstić information content (AvgIpc) is 3.31. The first-order chi connectivity index (χ1) is 11.8. The fourth-order valence-corrected chi connectivity index (χ4v) is 3.16. The van der Waals surface area contributed by atoms with E-state index in [9.17, 15) is 4.79 Å². The third-order valence-corrected chi connectivity index (χ3v) is 4.36. The maximum atomic E-state index is 11.8. The number of fused-ring (bicyclic) bond motifs is 2. The number of aromatic amines is 1. The molecule has 6 heteroatoms. The van der Waals surface area contributed by atoms with Crippen LogP contribution in [0.5, 0.6) is 0 Å². The van der Waals surface area contributed by atoms with Crippen LogP contribution in [0.1, 0.15) is 0 Å². The predicted molar refractivity (Wildman–Crippen MR) is 90.0 cm³/mol. The fraction of sp³-hybridized carbons (Fsp3) is 0.111. The average molecular weight is 319 g/mol. The quantitative estimate of drug-likeness (QED) is 0.607. The molecule has 1 saturated heterocycles. The van der Waals surface area contributed by atoms with Crippen LogP contribution in [0, 0.1) is 0 Å². The molecule has 0 atom stereocenters. The molecule has 1 fully saturated rings. The SMILES string of the molecule is O=C1OCCN1c1ccc2[nH]nc(-c3coc4ccccc34)c2c1. The molecule has 6 nitrogen and oxygen atoms in total. The van der Waals surface area contributed by atoms with E-state index in [1.54, 1.807) is 11.2 Å². The lowest BCUT2D eigenvalue weighted by atomic mass is 10.1. The van der Waals surface area contributed by atoms with Crippen molar-refractivity contribution in [2.45, 2.75) is 0 Å². The van der Waals surface area contributed by atoms with Gasteiger partial charge in [0, 0.05) is 22.0 Å². The number of hydrogen-bond donors (Lipinski definition) is 1. The van der Waals surface area contributed by atoms with Gasteiger partial charge in [-0.25, -0.2) is 4.79 Å². The first kappa shape index (κ1) is 13.2. The van der Waals surface area contributed by atoms with Crippen molar-refractivity contribution in [3.8, 4) is 11.3 Å². The summed E-state index contributed by atoms with van der Waals surface area (Å²) >= 11 is 0. The first-order valence-corrected chi connectivity index (χ1v) is 7.70. The van der Waals surface area contributed by atoms with E-state index in [0.717, 1.165) is 38.8 Å². The largest absolute Gasteiger partial charge is 0.464 e. The van der Waals surface area contributed by atoms with Gasteiger partial charge in [-0.3, -0.25) is 10.00 Å². The highest BCUT2D eigenvalue weighted by Crippen LogP contribution is 2.35. The zero-order chi connectivity index (χ0) is 16.1. The van der Waals surface area contributed by atoms with Crippen LogP contribution in [-0.4, -0.2) is 29.4 Å². The lowest BCUT2D eigenvalue weighted by Crippen LogP contribution is -2.23. The molecule has 5 rings (SSSR count). The summed E-state index contributed by atoms with van der Waals surface area (Å²) in [5, 5.41) is 9.45. The Bertz CT molecular complexity index is 1080. The van der Waals surface area contributed by atoms with Gasteiger partial charge in [0.1, 0.15) is 24.1 Å². The van der Waals surface area contributed by atoms with Crippen LogP contribution >= 0.6 is 0 Å². The second kappa shape index (κ2) is 4.86. The summed E-state index contributed by atoms with van der Waals surface area (Å²) in [6, 6.07) is 13.6. The highest BCUT2D eigenvalue weighted by Gasteiger charge is 2.24. The van der Waals surface area contributed by atoms with Crippen LogP contribution in [0.2, 0.25) is 0 Å². The lowest BCUT2D eigenvalue weighted by Gasteiger charge is -2.12. The molecule has 4 aromatic rings. The van der Waals surface area contributed by atoms with E-state index in [4.69, 9.17) is 9.15 Å². The highest BCUT2D eigenvalue weighted by atomic mass is 16.6. The van der Waals surface area contributed by atoms with E-state index in [2.05, 4.69) is 10.2 Å². The minimum absolute atomic E-state index is 0.312. The number of para-hydroxylation sites is 1. The van der Waals surface area contributed by atoms with Gasteiger partial charge in [-0.15, -0.1) is 0 Å². The number of amides is 1. The third kappa shape index (κ3) is 1.83. The van der Waals surface area contributed by atoms with E-state index < -0.39 is 0 Å². The molecule has 2 aromatic heterocycles. The topological polar surface area (TPSA) is 71.4 Å². The minimum atomic E-state index is -0.312. The first-order valence-electron chi connectivity index (χ1n) is 7.70. The number of aromatic nitrogens is 2. The molecule has 0 spiro atoms. The van der Waals surface area contributed by atoms with Crippen LogP contribution in [0.15, 0.2) is 53.1 Å². The maximum Gasteiger partial charge on any atom is 0.414 e.